The lowest BCUT2D eigenvalue weighted by molar-refractivity contribution is -0.120. The average Bonchev–Trinajstić information content (AvgIpc) is 2.37. The van der Waals surface area contributed by atoms with Gasteiger partial charge in [-0.05, 0) is 37.1 Å². The molecule has 5 nitrogen and oxygen atoms in total. The Morgan fingerprint density at radius 3 is 2.29 bits per heavy atom. The van der Waals surface area contributed by atoms with E-state index in [1.165, 1.54) is 24.3 Å². The third-order valence-corrected chi connectivity index (χ3v) is 5.50. The van der Waals surface area contributed by atoms with Crippen molar-refractivity contribution in [3.8, 4) is 0 Å². The maximum Gasteiger partial charge on any atom is 0.236 e. The molecule has 0 saturated carbocycles. The molecule has 1 aromatic carbocycles. The molecule has 1 amide bonds. The molecule has 0 saturated heterocycles. The second kappa shape index (κ2) is 6.77. The fourth-order valence-corrected chi connectivity index (χ4v) is 2.94. The summed E-state index contributed by atoms with van der Waals surface area (Å²) in [6.45, 7) is 5.86. The van der Waals surface area contributed by atoms with Crippen LogP contribution >= 0.6 is 11.6 Å². The largest absolute Gasteiger partial charge is 0.349 e. The molecule has 0 fully saturated rings. The van der Waals surface area contributed by atoms with Crippen LogP contribution in [0.5, 0.6) is 0 Å². The highest BCUT2D eigenvalue weighted by Crippen LogP contribution is 2.17. The summed E-state index contributed by atoms with van der Waals surface area (Å²) in [6, 6.07) is 5.72. The molecule has 1 atom stereocenters. The van der Waals surface area contributed by atoms with E-state index in [2.05, 4.69) is 5.32 Å². The Balaban J connectivity index is 2.85. The zero-order chi connectivity index (χ0) is 16.3. The van der Waals surface area contributed by atoms with E-state index in [1.807, 2.05) is 13.8 Å². The number of sulfone groups is 1. The number of hydrogen-bond acceptors (Lipinski definition) is 4. The number of amides is 1. The predicted molar refractivity (Wildman–Crippen MR) is 83.9 cm³/mol. The second-order valence-electron chi connectivity index (χ2n) is 5.54. The molecule has 0 bridgehead atoms. The van der Waals surface area contributed by atoms with Crippen molar-refractivity contribution in [2.24, 2.45) is 11.7 Å². The van der Waals surface area contributed by atoms with Crippen molar-refractivity contribution < 1.29 is 13.2 Å². The number of nitrogens with two attached hydrogens (primary N) is 1. The Morgan fingerprint density at radius 1 is 1.33 bits per heavy atom. The van der Waals surface area contributed by atoms with Gasteiger partial charge in [0.15, 0.2) is 9.84 Å². The van der Waals surface area contributed by atoms with Crippen LogP contribution in [-0.4, -0.2) is 32.2 Å². The van der Waals surface area contributed by atoms with Gasteiger partial charge in [0.05, 0.1) is 10.4 Å². The molecule has 1 rings (SSSR count). The highest BCUT2D eigenvalue weighted by Gasteiger charge is 2.30. The summed E-state index contributed by atoms with van der Waals surface area (Å²) in [5.41, 5.74) is 5.04. The lowest BCUT2D eigenvalue weighted by Gasteiger charge is -2.33. The van der Waals surface area contributed by atoms with Crippen LogP contribution in [0.25, 0.3) is 0 Å². The Kier molecular flexibility index (Phi) is 5.78. The van der Waals surface area contributed by atoms with E-state index in [0.29, 0.717) is 5.02 Å². The van der Waals surface area contributed by atoms with Crippen LogP contribution in [0.3, 0.4) is 0 Å². The molecule has 118 valence electrons. The van der Waals surface area contributed by atoms with Gasteiger partial charge >= 0.3 is 0 Å². The van der Waals surface area contributed by atoms with E-state index in [0.717, 1.165) is 0 Å². The number of hydrogen-bond donors (Lipinski definition) is 2. The molecule has 0 spiro atoms. The Bertz CT molecular complexity index is 599. The standard InChI is InChI=1S/C14H21ClN2O3S/c1-10(2)14(3,9-16)17-13(18)8-21(19,20)12-6-4-11(15)5-7-12/h4-7,10H,8-9,16H2,1-3H3,(H,17,18). The topological polar surface area (TPSA) is 89.3 Å². The highest BCUT2D eigenvalue weighted by molar-refractivity contribution is 7.92. The number of nitrogens with one attached hydrogen (secondary N) is 1. The molecule has 1 aromatic rings. The Hall–Kier alpha value is -1.11. The summed E-state index contributed by atoms with van der Waals surface area (Å²) in [5, 5.41) is 3.15. The van der Waals surface area contributed by atoms with Crippen LogP contribution in [-0.2, 0) is 14.6 Å². The van der Waals surface area contributed by atoms with Gasteiger partial charge in [0, 0.05) is 11.6 Å². The van der Waals surface area contributed by atoms with Crippen LogP contribution in [0, 0.1) is 5.92 Å². The molecule has 21 heavy (non-hydrogen) atoms. The first-order valence-corrected chi connectivity index (χ1v) is 8.63. The molecule has 0 aliphatic carbocycles. The number of halogens is 1. The van der Waals surface area contributed by atoms with Gasteiger partial charge in [0.2, 0.25) is 5.91 Å². The summed E-state index contributed by atoms with van der Waals surface area (Å²) < 4.78 is 24.3. The minimum atomic E-state index is -3.69. The predicted octanol–water partition coefficient (Wildman–Crippen LogP) is 1.60. The maximum absolute atomic E-state index is 12.2. The molecule has 0 aromatic heterocycles. The quantitative estimate of drug-likeness (QED) is 0.828. The lowest BCUT2D eigenvalue weighted by Crippen LogP contribution is -2.56. The van der Waals surface area contributed by atoms with Gasteiger partial charge in [-0.3, -0.25) is 4.79 Å². The van der Waals surface area contributed by atoms with Crippen LogP contribution in [0.1, 0.15) is 20.8 Å². The van der Waals surface area contributed by atoms with Crippen LogP contribution in [0.4, 0.5) is 0 Å². The molecule has 3 N–H and O–H groups in total. The highest BCUT2D eigenvalue weighted by atomic mass is 35.5. The van der Waals surface area contributed by atoms with E-state index in [-0.39, 0.29) is 17.4 Å². The monoisotopic (exact) mass is 332 g/mol. The molecule has 1 unspecified atom stereocenters. The molecule has 0 heterocycles. The molecular formula is C14H21ClN2O3S. The Labute approximate surface area is 130 Å². The second-order valence-corrected chi connectivity index (χ2v) is 7.96. The van der Waals surface area contributed by atoms with Gasteiger partial charge < -0.3 is 11.1 Å². The number of rotatable bonds is 6. The van der Waals surface area contributed by atoms with Gasteiger partial charge in [0.1, 0.15) is 5.75 Å². The fraction of sp³-hybridized carbons (Fsp3) is 0.500. The van der Waals surface area contributed by atoms with Crippen molar-refractivity contribution in [2.45, 2.75) is 31.2 Å². The molecular weight excluding hydrogens is 312 g/mol. The first-order chi connectivity index (χ1) is 9.60. The van der Waals surface area contributed by atoms with Crippen LogP contribution in [0.2, 0.25) is 5.02 Å². The van der Waals surface area contributed by atoms with E-state index in [1.54, 1.807) is 6.92 Å². The van der Waals surface area contributed by atoms with Gasteiger partial charge in [-0.15, -0.1) is 0 Å². The van der Waals surface area contributed by atoms with Gasteiger partial charge in [0.25, 0.3) is 0 Å². The summed E-state index contributed by atoms with van der Waals surface area (Å²) in [6.07, 6.45) is 0. The van der Waals surface area contributed by atoms with E-state index >= 15 is 0 Å². The normalized spacial score (nSPS) is 14.8. The van der Waals surface area contributed by atoms with Crippen molar-refractivity contribution in [1.29, 1.82) is 0 Å². The SMILES string of the molecule is CC(C)C(C)(CN)NC(=O)CS(=O)(=O)c1ccc(Cl)cc1. The number of benzene rings is 1. The van der Waals surface area contributed by atoms with Gasteiger partial charge in [-0.1, -0.05) is 25.4 Å². The van der Waals surface area contributed by atoms with Crippen molar-refractivity contribution >= 4 is 27.3 Å². The van der Waals surface area contributed by atoms with E-state index < -0.39 is 27.0 Å². The van der Waals surface area contributed by atoms with Crippen LogP contribution in [0.15, 0.2) is 29.2 Å². The summed E-state index contributed by atoms with van der Waals surface area (Å²) >= 11 is 5.72. The Morgan fingerprint density at radius 2 is 1.86 bits per heavy atom. The smallest absolute Gasteiger partial charge is 0.236 e. The van der Waals surface area contributed by atoms with Gasteiger partial charge in [-0.25, -0.2) is 8.42 Å². The summed E-state index contributed by atoms with van der Waals surface area (Å²) in [4.78, 5) is 12.1. The molecule has 0 aliphatic heterocycles. The average molecular weight is 333 g/mol. The van der Waals surface area contributed by atoms with Crippen molar-refractivity contribution in [2.75, 3.05) is 12.3 Å². The first-order valence-electron chi connectivity index (χ1n) is 6.60. The molecule has 0 aliphatic rings. The first kappa shape index (κ1) is 17.9. The zero-order valence-corrected chi connectivity index (χ0v) is 14.0. The van der Waals surface area contributed by atoms with Gasteiger partial charge in [-0.2, -0.15) is 0 Å². The summed E-state index contributed by atoms with van der Waals surface area (Å²) in [7, 11) is -3.69. The third-order valence-electron chi connectivity index (χ3n) is 3.62. The minimum Gasteiger partial charge on any atom is -0.349 e. The maximum atomic E-state index is 12.2. The summed E-state index contributed by atoms with van der Waals surface area (Å²) in [5.74, 6) is -1.09. The third kappa shape index (κ3) is 4.69. The van der Waals surface area contributed by atoms with Crippen LogP contribution < -0.4 is 11.1 Å². The fourth-order valence-electron chi connectivity index (χ4n) is 1.68. The van der Waals surface area contributed by atoms with E-state index in [9.17, 15) is 13.2 Å². The lowest BCUT2D eigenvalue weighted by atomic mass is 9.88. The minimum absolute atomic E-state index is 0.0704. The van der Waals surface area contributed by atoms with Crippen molar-refractivity contribution in [3.05, 3.63) is 29.3 Å². The molecule has 7 heteroatoms. The number of carbonyl (C=O) groups excluding carboxylic acids is 1. The van der Waals surface area contributed by atoms with Crippen molar-refractivity contribution in [3.63, 3.8) is 0 Å². The zero-order valence-electron chi connectivity index (χ0n) is 12.4. The number of carbonyl (C=O) groups is 1. The van der Waals surface area contributed by atoms with E-state index in [4.69, 9.17) is 17.3 Å². The van der Waals surface area contributed by atoms with Crippen molar-refractivity contribution in [1.82, 2.24) is 5.32 Å². The molecule has 0 radical (unpaired) electrons.